The van der Waals surface area contributed by atoms with Crippen LogP contribution in [0.15, 0.2) is 36.0 Å². The summed E-state index contributed by atoms with van der Waals surface area (Å²) >= 11 is 5.28. The molecule has 0 amide bonds. The van der Waals surface area contributed by atoms with E-state index in [4.69, 9.17) is 12.2 Å². The first-order chi connectivity index (χ1) is 7.83. The molecule has 92 valence electrons. The Balaban J connectivity index is 2.39. The molecule has 0 aromatic rings. The minimum Gasteiger partial charge on any atom is -0.370 e. The highest BCUT2D eigenvalue weighted by molar-refractivity contribution is 7.80. The molecule has 2 aliphatic rings. The minimum atomic E-state index is -0.482. The van der Waals surface area contributed by atoms with Gasteiger partial charge in [-0.1, -0.05) is 25.4 Å². The Labute approximate surface area is 107 Å². The lowest BCUT2D eigenvalue weighted by atomic mass is 9.97. The summed E-state index contributed by atoms with van der Waals surface area (Å²) in [6, 6.07) is 0. The molecule has 0 saturated heterocycles. The highest BCUT2D eigenvalue weighted by atomic mass is 32.1. The lowest BCUT2D eigenvalue weighted by Gasteiger charge is -2.37. The van der Waals surface area contributed by atoms with E-state index in [1.807, 2.05) is 13.8 Å². The highest BCUT2D eigenvalue weighted by Crippen LogP contribution is 2.40. The molecule has 2 N–H and O–H groups in total. The van der Waals surface area contributed by atoms with Gasteiger partial charge in [0, 0.05) is 0 Å². The molecule has 2 nitrogen and oxygen atoms in total. The number of allylic oxidation sites excluding steroid dienone is 2. The van der Waals surface area contributed by atoms with Gasteiger partial charge in [-0.3, -0.25) is 0 Å². The average Bonchev–Trinajstić information content (AvgIpc) is 3.03. The molecule has 1 saturated carbocycles. The van der Waals surface area contributed by atoms with Crippen LogP contribution in [-0.2, 0) is 0 Å². The monoisotopic (exact) mass is 252 g/mol. The molecule has 17 heavy (non-hydrogen) atoms. The van der Waals surface area contributed by atoms with E-state index in [0.29, 0.717) is 22.3 Å². The fourth-order valence-electron chi connectivity index (χ4n) is 1.84. The van der Waals surface area contributed by atoms with Crippen LogP contribution in [0.4, 0.5) is 4.39 Å². The van der Waals surface area contributed by atoms with Crippen LogP contribution < -0.4 is 10.6 Å². The van der Waals surface area contributed by atoms with Gasteiger partial charge in [0.1, 0.15) is 10.8 Å². The Hall–Kier alpha value is -1.16. The maximum Gasteiger partial charge on any atom is 0.141 e. The predicted octanol–water partition coefficient (Wildman–Crippen LogP) is 2.95. The third-order valence-electron chi connectivity index (χ3n) is 3.16. The van der Waals surface area contributed by atoms with Crippen LogP contribution in [0.25, 0.3) is 0 Å². The van der Waals surface area contributed by atoms with E-state index in [1.54, 1.807) is 0 Å². The Morgan fingerprint density at radius 1 is 1.35 bits per heavy atom. The molecule has 0 aromatic heterocycles. The molecule has 2 rings (SSSR count). The van der Waals surface area contributed by atoms with Gasteiger partial charge in [0.15, 0.2) is 0 Å². The van der Waals surface area contributed by atoms with Gasteiger partial charge in [0.2, 0.25) is 0 Å². The number of thiocarbonyl (C=S) groups is 1. The topological polar surface area (TPSA) is 24.1 Å². The Kier molecular flexibility index (Phi) is 2.86. The van der Waals surface area contributed by atoms with Crippen molar-refractivity contribution in [3.05, 3.63) is 36.0 Å². The summed E-state index contributed by atoms with van der Waals surface area (Å²) in [7, 11) is 0. The van der Waals surface area contributed by atoms with Crippen LogP contribution in [0.3, 0.4) is 0 Å². The van der Waals surface area contributed by atoms with Crippen molar-refractivity contribution in [1.82, 2.24) is 10.6 Å². The van der Waals surface area contributed by atoms with E-state index >= 15 is 0 Å². The van der Waals surface area contributed by atoms with E-state index in [0.717, 1.165) is 18.4 Å². The number of hydrogen-bond acceptors (Lipinski definition) is 2. The smallest absolute Gasteiger partial charge is 0.141 e. The van der Waals surface area contributed by atoms with Crippen molar-refractivity contribution >= 4 is 17.2 Å². The van der Waals surface area contributed by atoms with Gasteiger partial charge < -0.3 is 10.6 Å². The van der Waals surface area contributed by atoms with Crippen molar-refractivity contribution in [2.75, 3.05) is 0 Å². The third kappa shape index (κ3) is 2.27. The zero-order chi connectivity index (χ0) is 12.8. The fraction of sp³-hybridized carbons (Fsp3) is 0.462. The maximum atomic E-state index is 13.5. The van der Waals surface area contributed by atoms with Crippen LogP contribution in [0, 0.1) is 5.92 Å². The van der Waals surface area contributed by atoms with E-state index in [1.165, 1.54) is 0 Å². The lowest BCUT2D eigenvalue weighted by Crippen LogP contribution is -2.56. The quantitative estimate of drug-likeness (QED) is 0.755. The third-order valence-corrected chi connectivity index (χ3v) is 3.77. The summed E-state index contributed by atoms with van der Waals surface area (Å²) in [5, 5.41) is 6.20. The van der Waals surface area contributed by atoms with E-state index in [-0.39, 0.29) is 0 Å². The number of hydrogen-bond donors (Lipinski definition) is 2. The second-order valence-corrected chi connectivity index (χ2v) is 5.57. The van der Waals surface area contributed by atoms with Crippen LogP contribution in [0.2, 0.25) is 0 Å². The van der Waals surface area contributed by atoms with Gasteiger partial charge >= 0.3 is 0 Å². The van der Waals surface area contributed by atoms with Crippen LogP contribution in [0.1, 0.15) is 26.7 Å². The van der Waals surface area contributed by atoms with Crippen molar-refractivity contribution in [2.24, 2.45) is 5.92 Å². The number of nitrogens with one attached hydrogen (secondary N) is 2. The molecule has 0 unspecified atom stereocenters. The predicted molar refractivity (Wildman–Crippen MR) is 72.1 cm³/mol. The first kappa shape index (κ1) is 12.3. The second-order valence-electron chi connectivity index (χ2n) is 5.16. The summed E-state index contributed by atoms with van der Waals surface area (Å²) in [6.07, 6.45) is 2.23. The van der Waals surface area contributed by atoms with Crippen molar-refractivity contribution in [2.45, 2.75) is 32.2 Å². The molecule has 1 fully saturated rings. The summed E-state index contributed by atoms with van der Waals surface area (Å²) < 4.78 is 13.5. The van der Waals surface area contributed by atoms with Gasteiger partial charge in [-0.15, -0.1) is 0 Å². The molecule has 0 radical (unpaired) electrons. The van der Waals surface area contributed by atoms with Crippen molar-refractivity contribution in [3.8, 4) is 0 Å². The van der Waals surface area contributed by atoms with Crippen molar-refractivity contribution < 1.29 is 4.39 Å². The van der Waals surface area contributed by atoms with Gasteiger partial charge in [0.05, 0.1) is 16.9 Å². The Morgan fingerprint density at radius 3 is 2.41 bits per heavy atom. The Morgan fingerprint density at radius 2 is 1.94 bits per heavy atom. The van der Waals surface area contributed by atoms with E-state index < -0.39 is 11.4 Å². The van der Waals surface area contributed by atoms with E-state index in [9.17, 15) is 4.39 Å². The maximum absolute atomic E-state index is 13.5. The molecular weight excluding hydrogens is 235 g/mol. The first-order valence-corrected chi connectivity index (χ1v) is 6.11. The summed E-state index contributed by atoms with van der Waals surface area (Å²) in [6.45, 7) is 11.2. The van der Waals surface area contributed by atoms with Gasteiger partial charge in [-0.25, -0.2) is 4.39 Å². The minimum absolute atomic E-state index is 0.389. The second kappa shape index (κ2) is 3.95. The fourth-order valence-corrected chi connectivity index (χ4v) is 2.00. The average molecular weight is 252 g/mol. The molecule has 4 heteroatoms. The first-order valence-electron chi connectivity index (χ1n) is 5.71. The number of rotatable bonds is 3. The molecule has 0 atom stereocenters. The normalized spacial score (nSPS) is 22.9. The van der Waals surface area contributed by atoms with Crippen LogP contribution >= 0.6 is 12.2 Å². The SMILES string of the molecule is C=C(F)C1=C(C(=C)C2CC2)NC(=S)C(C)(C)N1. The molecular formula is C13H17FN2S. The van der Waals surface area contributed by atoms with Crippen molar-refractivity contribution in [1.29, 1.82) is 0 Å². The van der Waals surface area contributed by atoms with Crippen LogP contribution in [0.5, 0.6) is 0 Å². The van der Waals surface area contributed by atoms with Gasteiger partial charge in [0.25, 0.3) is 0 Å². The zero-order valence-corrected chi connectivity index (χ0v) is 11.0. The highest BCUT2D eigenvalue weighted by Gasteiger charge is 2.36. The number of halogens is 1. The summed E-state index contributed by atoms with van der Waals surface area (Å²) in [5.74, 6) is -0.0254. The molecule has 0 spiro atoms. The van der Waals surface area contributed by atoms with E-state index in [2.05, 4.69) is 23.8 Å². The molecule has 1 heterocycles. The Bertz CT molecular complexity index is 444. The molecule has 1 aliphatic heterocycles. The largest absolute Gasteiger partial charge is 0.370 e. The van der Waals surface area contributed by atoms with Crippen LogP contribution in [-0.4, -0.2) is 10.5 Å². The molecule has 0 aromatic carbocycles. The molecule has 1 aliphatic carbocycles. The van der Waals surface area contributed by atoms with Gasteiger partial charge in [-0.05, 0) is 38.2 Å². The van der Waals surface area contributed by atoms with Gasteiger partial charge in [-0.2, -0.15) is 0 Å². The zero-order valence-electron chi connectivity index (χ0n) is 10.2. The lowest BCUT2D eigenvalue weighted by molar-refractivity contribution is 0.510. The molecule has 0 bridgehead atoms. The standard InChI is InChI=1S/C13H17FN2S/c1-7(9-5-6-9)10-11(8(2)14)16-13(3,4)12(17)15-10/h9,16H,1-2,5-6H2,3-4H3,(H,15,17). The summed E-state index contributed by atoms with van der Waals surface area (Å²) in [4.78, 5) is 0.652. The summed E-state index contributed by atoms with van der Waals surface area (Å²) in [5.41, 5.74) is 1.52. The van der Waals surface area contributed by atoms with Crippen molar-refractivity contribution in [3.63, 3.8) is 0 Å².